The molecule has 2 aromatic carbocycles. The summed E-state index contributed by atoms with van der Waals surface area (Å²) in [5, 5.41) is 0. The number of ketones is 1. The maximum atomic E-state index is 12.3. The topological polar surface area (TPSA) is 20.3 Å². The van der Waals surface area contributed by atoms with Crippen molar-refractivity contribution >= 4 is 5.78 Å². The summed E-state index contributed by atoms with van der Waals surface area (Å²) in [6.45, 7) is 9.66. The predicted octanol–water partition coefficient (Wildman–Crippen LogP) is 4.75. The highest BCUT2D eigenvalue weighted by Crippen LogP contribution is 2.26. The zero-order chi connectivity index (χ0) is 17.5. The molecule has 0 aliphatic rings. The Morgan fingerprint density at radius 1 is 0.833 bits per heavy atom. The first kappa shape index (κ1) is 18.4. The minimum atomic E-state index is 0.0816. The van der Waals surface area contributed by atoms with Gasteiger partial charge in [-0.05, 0) is 25.0 Å². The highest BCUT2D eigenvalue weighted by Gasteiger charge is 2.22. The summed E-state index contributed by atoms with van der Waals surface area (Å²) in [4.78, 5) is 14.6. The Kier molecular flexibility index (Phi) is 6.74. The van der Waals surface area contributed by atoms with Crippen LogP contribution in [-0.2, 0) is 4.79 Å². The van der Waals surface area contributed by atoms with Crippen LogP contribution in [0.2, 0.25) is 0 Å². The summed E-state index contributed by atoms with van der Waals surface area (Å²) >= 11 is 0. The summed E-state index contributed by atoms with van der Waals surface area (Å²) in [5.41, 5.74) is 2.60. The molecule has 0 unspecified atom stereocenters. The van der Waals surface area contributed by atoms with Gasteiger partial charge in [0.15, 0.2) is 0 Å². The molecule has 2 rings (SSSR count). The molecule has 0 saturated carbocycles. The standard InChI is InChI=1S/C22H29NO/c1-17(2)22(24)16-23(18(3)4)15-21(19-11-7-5-8-12-19)20-13-9-6-10-14-20/h5-14,17-18,21H,15-16H2,1-4H3. The number of carbonyl (C=O) groups excluding carboxylic acids is 1. The van der Waals surface area contributed by atoms with Crippen LogP contribution in [0, 0.1) is 5.92 Å². The Balaban J connectivity index is 2.28. The minimum Gasteiger partial charge on any atom is -0.298 e. The number of nitrogens with zero attached hydrogens (tertiary/aromatic N) is 1. The fourth-order valence-corrected chi connectivity index (χ4v) is 2.85. The van der Waals surface area contributed by atoms with Gasteiger partial charge < -0.3 is 0 Å². The fourth-order valence-electron chi connectivity index (χ4n) is 2.85. The van der Waals surface area contributed by atoms with Gasteiger partial charge in [-0.15, -0.1) is 0 Å². The first-order chi connectivity index (χ1) is 11.5. The van der Waals surface area contributed by atoms with Gasteiger partial charge >= 0.3 is 0 Å². The van der Waals surface area contributed by atoms with Gasteiger partial charge in [-0.2, -0.15) is 0 Å². The van der Waals surface area contributed by atoms with Crippen LogP contribution in [0.3, 0.4) is 0 Å². The predicted molar refractivity (Wildman–Crippen MR) is 101 cm³/mol. The molecule has 0 saturated heterocycles. The zero-order valence-corrected chi connectivity index (χ0v) is 15.3. The second-order valence-corrected chi connectivity index (χ2v) is 7.02. The molecule has 0 amide bonds. The summed E-state index contributed by atoms with van der Waals surface area (Å²) < 4.78 is 0. The van der Waals surface area contributed by atoms with E-state index < -0.39 is 0 Å². The van der Waals surface area contributed by atoms with Crippen LogP contribution in [0.15, 0.2) is 60.7 Å². The molecule has 0 atom stereocenters. The molecule has 24 heavy (non-hydrogen) atoms. The Morgan fingerprint density at radius 2 is 1.29 bits per heavy atom. The van der Waals surface area contributed by atoms with Crippen LogP contribution in [-0.4, -0.2) is 29.8 Å². The van der Waals surface area contributed by atoms with Crippen molar-refractivity contribution in [2.75, 3.05) is 13.1 Å². The van der Waals surface area contributed by atoms with Crippen LogP contribution in [0.5, 0.6) is 0 Å². The molecule has 0 heterocycles. The number of Topliss-reactive ketones (excluding diaryl/α,β-unsaturated/α-hetero) is 1. The molecule has 2 nitrogen and oxygen atoms in total. The molecule has 128 valence electrons. The average Bonchev–Trinajstić information content (AvgIpc) is 2.59. The fraction of sp³-hybridized carbons (Fsp3) is 0.409. The van der Waals surface area contributed by atoms with E-state index >= 15 is 0 Å². The molecular weight excluding hydrogens is 294 g/mol. The van der Waals surface area contributed by atoms with Gasteiger partial charge in [-0.25, -0.2) is 0 Å². The number of carbonyl (C=O) groups is 1. The Hall–Kier alpha value is -1.93. The second-order valence-electron chi connectivity index (χ2n) is 7.02. The van der Waals surface area contributed by atoms with E-state index in [1.54, 1.807) is 0 Å². The van der Waals surface area contributed by atoms with Gasteiger partial charge in [0.2, 0.25) is 0 Å². The van der Waals surface area contributed by atoms with Crippen molar-refractivity contribution in [2.24, 2.45) is 5.92 Å². The number of hydrogen-bond donors (Lipinski definition) is 0. The third kappa shape index (κ3) is 5.04. The number of rotatable bonds is 8. The third-order valence-corrected chi connectivity index (χ3v) is 4.55. The lowest BCUT2D eigenvalue weighted by Crippen LogP contribution is -2.40. The van der Waals surface area contributed by atoms with E-state index in [4.69, 9.17) is 0 Å². The molecule has 0 spiro atoms. The van der Waals surface area contributed by atoms with Crippen LogP contribution in [0.4, 0.5) is 0 Å². The summed E-state index contributed by atoms with van der Waals surface area (Å²) in [5.74, 6) is 0.663. The van der Waals surface area contributed by atoms with Crippen molar-refractivity contribution in [3.8, 4) is 0 Å². The van der Waals surface area contributed by atoms with E-state index in [0.29, 0.717) is 18.4 Å². The minimum absolute atomic E-state index is 0.0816. The first-order valence-corrected chi connectivity index (χ1v) is 8.85. The molecule has 2 aromatic rings. The summed E-state index contributed by atoms with van der Waals surface area (Å²) in [6.07, 6.45) is 0. The SMILES string of the molecule is CC(C)C(=O)CN(CC(c1ccccc1)c1ccccc1)C(C)C. The molecule has 0 N–H and O–H groups in total. The molecule has 0 fully saturated rings. The highest BCUT2D eigenvalue weighted by molar-refractivity contribution is 5.82. The Bertz CT molecular complexity index is 579. The van der Waals surface area contributed by atoms with Crippen molar-refractivity contribution < 1.29 is 4.79 Å². The van der Waals surface area contributed by atoms with Crippen molar-refractivity contribution in [1.29, 1.82) is 0 Å². The molecule has 0 aromatic heterocycles. The van der Waals surface area contributed by atoms with E-state index in [-0.39, 0.29) is 11.8 Å². The molecule has 2 heteroatoms. The van der Waals surface area contributed by atoms with E-state index in [1.807, 2.05) is 26.0 Å². The van der Waals surface area contributed by atoms with Gasteiger partial charge in [-0.3, -0.25) is 9.69 Å². The van der Waals surface area contributed by atoms with Gasteiger partial charge in [0, 0.05) is 24.4 Å². The maximum Gasteiger partial charge on any atom is 0.149 e. The van der Waals surface area contributed by atoms with Crippen molar-refractivity contribution in [2.45, 2.75) is 39.7 Å². The maximum absolute atomic E-state index is 12.3. The first-order valence-electron chi connectivity index (χ1n) is 8.85. The molecule has 0 radical (unpaired) electrons. The van der Waals surface area contributed by atoms with Gasteiger partial charge in [-0.1, -0.05) is 74.5 Å². The van der Waals surface area contributed by atoms with Gasteiger partial charge in [0.25, 0.3) is 0 Å². The molecule has 0 aliphatic heterocycles. The van der Waals surface area contributed by atoms with Crippen LogP contribution < -0.4 is 0 Å². The summed E-state index contributed by atoms with van der Waals surface area (Å²) in [7, 11) is 0. The van der Waals surface area contributed by atoms with Crippen molar-refractivity contribution in [3.05, 3.63) is 71.8 Å². The third-order valence-electron chi connectivity index (χ3n) is 4.55. The lowest BCUT2D eigenvalue weighted by Gasteiger charge is -2.31. The monoisotopic (exact) mass is 323 g/mol. The summed E-state index contributed by atoms with van der Waals surface area (Å²) in [6, 6.07) is 21.5. The lowest BCUT2D eigenvalue weighted by atomic mass is 9.90. The quantitative estimate of drug-likeness (QED) is 0.698. The lowest BCUT2D eigenvalue weighted by molar-refractivity contribution is -0.123. The van der Waals surface area contributed by atoms with E-state index in [2.05, 4.69) is 67.3 Å². The van der Waals surface area contributed by atoms with Crippen molar-refractivity contribution in [1.82, 2.24) is 4.90 Å². The highest BCUT2D eigenvalue weighted by atomic mass is 16.1. The Labute approximate surface area is 146 Å². The number of hydrogen-bond acceptors (Lipinski definition) is 2. The molecule has 0 bridgehead atoms. The smallest absolute Gasteiger partial charge is 0.149 e. The van der Waals surface area contributed by atoms with Gasteiger partial charge in [0.1, 0.15) is 5.78 Å². The number of benzene rings is 2. The second kappa shape index (κ2) is 8.79. The van der Waals surface area contributed by atoms with Crippen LogP contribution in [0.1, 0.15) is 44.7 Å². The average molecular weight is 323 g/mol. The van der Waals surface area contributed by atoms with Crippen molar-refractivity contribution in [3.63, 3.8) is 0 Å². The zero-order valence-electron chi connectivity index (χ0n) is 15.3. The van der Waals surface area contributed by atoms with E-state index in [9.17, 15) is 4.79 Å². The van der Waals surface area contributed by atoms with E-state index in [1.165, 1.54) is 11.1 Å². The van der Waals surface area contributed by atoms with E-state index in [0.717, 1.165) is 6.54 Å². The Morgan fingerprint density at radius 3 is 1.67 bits per heavy atom. The van der Waals surface area contributed by atoms with Crippen LogP contribution >= 0.6 is 0 Å². The largest absolute Gasteiger partial charge is 0.298 e. The van der Waals surface area contributed by atoms with Gasteiger partial charge in [0.05, 0.1) is 6.54 Å². The van der Waals surface area contributed by atoms with Crippen LogP contribution in [0.25, 0.3) is 0 Å². The molecular formula is C22H29NO. The molecule has 0 aliphatic carbocycles. The normalized spacial score (nSPS) is 11.7.